The maximum absolute atomic E-state index is 12.0. The number of aliphatic hydroxyl groups is 1. The van der Waals surface area contributed by atoms with E-state index in [1.807, 2.05) is 48.5 Å². The molecule has 2 fully saturated rings. The molecule has 1 saturated carbocycles. The van der Waals surface area contributed by atoms with Gasteiger partial charge in [-0.15, -0.1) is 0 Å². The Bertz CT molecular complexity index is 722. The van der Waals surface area contributed by atoms with Crippen molar-refractivity contribution in [3.8, 4) is 11.5 Å². The average Bonchev–Trinajstić information content (AvgIpc) is 3.54. The smallest absolute Gasteiger partial charge is 0.133 e. The molecule has 1 saturated heterocycles. The minimum Gasteiger partial charge on any atom is -0.457 e. The second kappa shape index (κ2) is 8.45. The molecule has 0 bridgehead atoms. The zero-order chi connectivity index (χ0) is 18.5. The Hall–Kier alpha value is -1.84. The Morgan fingerprint density at radius 1 is 1.00 bits per heavy atom. The number of para-hydroxylation sites is 2. The van der Waals surface area contributed by atoms with Gasteiger partial charge in [-0.3, -0.25) is 0 Å². The van der Waals surface area contributed by atoms with Gasteiger partial charge in [0.15, 0.2) is 0 Å². The molecule has 1 unspecified atom stereocenters. The summed E-state index contributed by atoms with van der Waals surface area (Å²) in [7, 11) is 0. The van der Waals surface area contributed by atoms with Crippen LogP contribution in [-0.4, -0.2) is 18.2 Å². The Morgan fingerprint density at radius 2 is 1.78 bits per heavy atom. The molecule has 0 spiro atoms. The van der Waals surface area contributed by atoms with Gasteiger partial charge in [0.25, 0.3) is 0 Å². The molecule has 1 aliphatic heterocycles. The molecule has 2 N–H and O–H groups in total. The van der Waals surface area contributed by atoms with Crippen LogP contribution in [0.4, 0.5) is 0 Å². The Kier molecular flexibility index (Phi) is 5.80. The molecule has 144 valence electrons. The Balaban J connectivity index is 1.61. The fraction of sp³-hybridized carbons (Fsp3) is 0.500. The van der Waals surface area contributed by atoms with Gasteiger partial charge in [-0.1, -0.05) is 55.7 Å². The predicted molar refractivity (Wildman–Crippen MR) is 109 cm³/mol. The molecular formula is C24H31NO2. The molecule has 1 heterocycles. The van der Waals surface area contributed by atoms with Gasteiger partial charge in [0.2, 0.25) is 0 Å². The van der Waals surface area contributed by atoms with Crippen molar-refractivity contribution in [2.45, 2.75) is 50.5 Å². The Morgan fingerprint density at radius 3 is 2.52 bits per heavy atom. The van der Waals surface area contributed by atoms with Gasteiger partial charge in [-0.25, -0.2) is 0 Å². The number of piperidine rings is 1. The fourth-order valence-corrected chi connectivity index (χ4v) is 4.41. The zero-order valence-electron chi connectivity index (χ0n) is 16.1. The van der Waals surface area contributed by atoms with E-state index in [4.69, 9.17) is 4.74 Å². The zero-order valence-corrected chi connectivity index (χ0v) is 16.1. The fourth-order valence-electron chi connectivity index (χ4n) is 4.41. The first-order valence-corrected chi connectivity index (χ1v) is 10.5. The third kappa shape index (κ3) is 4.53. The van der Waals surface area contributed by atoms with Crippen molar-refractivity contribution in [1.82, 2.24) is 5.32 Å². The van der Waals surface area contributed by atoms with E-state index in [9.17, 15) is 5.11 Å². The maximum atomic E-state index is 12.0. The highest BCUT2D eigenvalue weighted by Crippen LogP contribution is 2.44. The van der Waals surface area contributed by atoms with Crippen molar-refractivity contribution >= 4 is 0 Å². The number of rotatable bonds is 8. The molecule has 3 nitrogen and oxygen atoms in total. The summed E-state index contributed by atoms with van der Waals surface area (Å²) in [5, 5.41) is 15.5. The number of hydrogen-bond donors (Lipinski definition) is 2. The van der Waals surface area contributed by atoms with Crippen LogP contribution in [0, 0.1) is 11.8 Å². The minimum atomic E-state index is -0.840. The van der Waals surface area contributed by atoms with Gasteiger partial charge < -0.3 is 15.2 Å². The van der Waals surface area contributed by atoms with E-state index >= 15 is 0 Å². The summed E-state index contributed by atoms with van der Waals surface area (Å²) >= 11 is 0. The van der Waals surface area contributed by atoms with E-state index < -0.39 is 5.60 Å². The van der Waals surface area contributed by atoms with Crippen molar-refractivity contribution in [2.75, 3.05) is 13.1 Å². The first kappa shape index (κ1) is 18.5. The molecule has 0 aromatic heterocycles. The van der Waals surface area contributed by atoms with E-state index in [0.717, 1.165) is 61.8 Å². The number of nitrogens with one attached hydrogen (secondary N) is 1. The van der Waals surface area contributed by atoms with Crippen molar-refractivity contribution in [3.05, 3.63) is 60.2 Å². The summed E-state index contributed by atoms with van der Waals surface area (Å²) in [6.45, 7) is 1.93. The average molecular weight is 366 g/mol. The van der Waals surface area contributed by atoms with E-state index in [-0.39, 0.29) is 5.92 Å². The molecule has 1 aliphatic carbocycles. The van der Waals surface area contributed by atoms with Gasteiger partial charge in [-0.05, 0) is 56.3 Å². The van der Waals surface area contributed by atoms with Gasteiger partial charge in [0.05, 0.1) is 5.60 Å². The summed E-state index contributed by atoms with van der Waals surface area (Å²) < 4.78 is 6.21. The van der Waals surface area contributed by atoms with Crippen LogP contribution in [0.5, 0.6) is 11.5 Å². The molecule has 0 amide bonds. The lowest BCUT2D eigenvalue weighted by Gasteiger charge is -2.40. The van der Waals surface area contributed by atoms with Crippen LogP contribution in [0.15, 0.2) is 54.6 Å². The van der Waals surface area contributed by atoms with Crippen LogP contribution in [0.2, 0.25) is 0 Å². The summed E-state index contributed by atoms with van der Waals surface area (Å²) in [5.41, 5.74) is 0.103. The topological polar surface area (TPSA) is 41.5 Å². The quantitative estimate of drug-likeness (QED) is 0.671. The largest absolute Gasteiger partial charge is 0.457 e. The normalized spacial score (nSPS) is 22.2. The van der Waals surface area contributed by atoms with Crippen LogP contribution in [0.3, 0.4) is 0 Å². The highest BCUT2D eigenvalue weighted by molar-refractivity contribution is 5.42. The lowest BCUT2D eigenvalue weighted by molar-refractivity contribution is -0.0441. The summed E-state index contributed by atoms with van der Waals surface area (Å²) in [5.74, 6) is 2.72. The summed E-state index contributed by atoms with van der Waals surface area (Å²) in [6, 6.07) is 17.9. The highest BCUT2D eigenvalue weighted by atomic mass is 16.5. The SMILES string of the molecule is O[C@](CCCC1CC1)(c1ccccc1Oc1ccccc1)C1CCCNC1. The monoisotopic (exact) mass is 365 g/mol. The van der Waals surface area contributed by atoms with E-state index in [0.29, 0.717) is 0 Å². The lowest BCUT2D eigenvalue weighted by Crippen LogP contribution is -2.44. The molecule has 2 aromatic rings. The van der Waals surface area contributed by atoms with Crippen molar-refractivity contribution in [1.29, 1.82) is 0 Å². The second-order valence-corrected chi connectivity index (χ2v) is 8.21. The number of ether oxygens (including phenoxy) is 1. The molecule has 2 aromatic carbocycles. The van der Waals surface area contributed by atoms with Gasteiger partial charge in [0, 0.05) is 18.0 Å². The second-order valence-electron chi connectivity index (χ2n) is 8.21. The number of benzene rings is 2. The minimum absolute atomic E-state index is 0.228. The van der Waals surface area contributed by atoms with E-state index in [2.05, 4.69) is 11.4 Å². The van der Waals surface area contributed by atoms with Crippen LogP contribution < -0.4 is 10.1 Å². The summed E-state index contributed by atoms with van der Waals surface area (Å²) in [6.07, 6.45) is 8.06. The van der Waals surface area contributed by atoms with Crippen LogP contribution in [-0.2, 0) is 5.60 Å². The van der Waals surface area contributed by atoms with Crippen LogP contribution in [0.1, 0.15) is 50.5 Å². The van der Waals surface area contributed by atoms with Crippen LogP contribution in [0.25, 0.3) is 0 Å². The van der Waals surface area contributed by atoms with Crippen LogP contribution >= 0.6 is 0 Å². The van der Waals surface area contributed by atoms with Gasteiger partial charge in [0.1, 0.15) is 11.5 Å². The molecule has 0 radical (unpaired) electrons. The maximum Gasteiger partial charge on any atom is 0.133 e. The van der Waals surface area contributed by atoms with Crippen molar-refractivity contribution in [2.24, 2.45) is 11.8 Å². The Labute approximate surface area is 162 Å². The van der Waals surface area contributed by atoms with Gasteiger partial charge >= 0.3 is 0 Å². The first-order chi connectivity index (χ1) is 13.3. The van der Waals surface area contributed by atoms with E-state index in [1.54, 1.807) is 0 Å². The molecule has 3 heteroatoms. The number of hydrogen-bond acceptors (Lipinski definition) is 3. The first-order valence-electron chi connectivity index (χ1n) is 10.5. The summed E-state index contributed by atoms with van der Waals surface area (Å²) in [4.78, 5) is 0. The highest BCUT2D eigenvalue weighted by Gasteiger charge is 2.41. The van der Waals surface area contributed by atoms with Crippen molar-refractivity contribution in [3.63, 3.8) is 0 Å². The van der Waals surface area contributed by atoms with Gasteiger partial charge in [-0.2, -0.15) is 0 Å². The third-order valence-electron chi connectivity index (χ3n) is 6.16. The molecule has 2 aliphatic rings. The third-order valence-corrected chi connectivity index (χ3v) is 6.16. The van der Waals surface area contributed by atoms with Crippen molar-refractivity contribution < 1.29 is 9.84 Å². The molecule has 27 heavy (non-hydrogen) atoms. The predicted octanol–water partition coefficient (Wildman–Crippen LogP) is 5.25. The van der Waals surface area contributed by atoms with E-state index in [1.165, 1.54) is 19.3 Å². The standard InChI is InChI=1S/C24H31NO2/c26-24(16-6-8-19-14-15-19,20-9-7-17-25-18-20)22-12-4-5-13-23(22)27-21-10-2-1-3-11-21/h1-5,10-13,19-20,25-26H,6-9,14-18H2/t20?,24-/m0/s1. The molecular weight excluding hydrogens is 334 g/mol. The lowest BCUT2D eigenvalue weighted by atomic mass is 9.74. The molecule has 4 rings (SSSR count). The molecule has 2 atom stereocenters.